The predicted octanol–water partition coefficient (Wildman–Crippen LogP) is 3.96. The third kappa shape index (κ3) is 3.27. The molecule has 0 unspecified atom stereocenters. The first-order valence-corrected chi connectivity index (χ1v) is 6.05. The monoisotopic (exact) mass is 252 g/mol. The zero-order chi connectivity index (χ0) is 13.5. The van der Waals surface area contributed by atoms with Crippen molar-refractivity contribution < 1.29 is 9.47 Å². The fourth-order valence-corrected chi connectivity index (χ4v) is 1.76. The SMILES string of the molecule is COC(=C=C(OC)c1ccccc1)c1ccccc1. The molecule has 0 aliphatic carbocycles. The maximum atomic E-state index is 5.39. The van der Waals surface area contributed by atoms with Crippen LogP contribution in [0.5, 0.6) is 0 Å². The molecule has 0 fully saturated rings. The van der Waals surface area contributed by atoms with Crippen LogP contribution >= 0.6 is 0 Å². The number of hydrogen-bond donors (Lipinski definition) is 0. The minimum atomic E-state index is 0.654. The third-order valence-electron chi connectivity index (χ3n) is 2.71. The summed E-state index contributed by atoms with van der Waals surface area (Å²) in [4.78, 5) is 0. The van der Waals surface area contributed by atoms with Crippen molar-refractivity contribution in [2.45, 2.75) is 0 Å². The van der Waals surface area contributed by atoms with Crippen LogP contribution in [0.4, 0.5) is 0 Å². The quantitative estimate of drug-likeness (QED) is 0.605. The number of hydrogen-bond acceptors (Lipinski definition) is 2. The van der Waals surface area contributed by atoms with E-state index in [2.05, 4.69) is 5.73 Å². The van der Waals surface area contributed by atoms with Gasteiger partial charge in [0.05, 0.1) is 14.2 Å². The van der Waals surface area contributed by atoms with Gasteiger partial charge in [-0.1, -0.05) is 60.7 Å². The summed E-state index contributed by atoms with van der Waals surface area (Å²) in [6, 6.07) is 19.7. The van der Waals surface area contributed by atoms with E-state index in [0.29, 0.717) is 11.5 Å². The highest BCUT2D eigenvalue weighted by Gasteiger charge is 2.03. The Balaban J connectivity index is 2.52. The molecule has 0 aromatic heterocycles. The van der Waals surface area contributed by atoms with Crippen LogP contribution in [0, 0.1) is 0 Å². The van der Waals surface area contributed by atoms with Gasteiger partial charge in [-0.2, -0.15) is 0 Å². The van der Waals surface area contributed by atoms with Gasteiger partial charge in [-0.25, -0.2) is 0 Å². The lowest BCUT2D eigenvalue weighted by molar-refractivity contribution is 0.360. The summed E-state index contributed by atoms with van der Waals surface area (Å²) in [7, 11) is 3.27. The lowest BCUT2D eigenvalue weighted by Crippen LogP contribution is -1.89. The minimum absolute atomic E-state index is 0.654. The summed E-state index contributed by atoms with van der Waals surface area (Å²) >= 11 is 0. The van der Waals surface area contributed by atoms with Gasteiger partial charge in [-0.15, -0.1) is 0 Å². The molecule has 0 N–H and O–H groups in total. The molecule has 0 atom stereocenters. The Labute approximate surface area is 113 Å². The second-order valence-corrected chi connectivity index (χ2v) is 3.92. The summed E-state index contributed by atoms with van der Waals surface area (Å²) in [6.07, 6.45) is 0. The van der Waals surface area contributed by atoms with Crippen molar-refractivity contribution in [3.05, 3.63) is 77.5 Å². The van der Waals surface area contributed by atoms with Crippen molar-refractivity contribution in [3.8, 4) is 0 Å². The zero-order valence-electron chi connectivity index (χ0n) is 11.1. The number of methoxy groups -OCH3 is 2. The molecule has 0 amide bonds. The first-order chi connectivity index (χ1) is 9.35. The Morgan fingerprint density at radius 3 is 1.37 bits per heavy atom. The molecule has 2 nitrogen and oxygen atoms in total. The molecular formula is C17H16O2. The van der Waals surface area contributed by atoms with Crippen LogP contribution in [0.25, 0.3) is 11.5 Å². The van der Waals surface area contributed by atoms with Gasteiger partial charge in [0.25, 0.3) is 0 Å². The third-order valence-corrected chi connectivity index (χ3v) is 2.71. The van der Waals surface area contributed by atoms with Gasteiger partial charge >= 0.3 is 0 Å². The zero-order valence-corrected chi connectivity index (χ0v) is 11.1. The standard InChI is InChI=1S/C17H16O2/c1-18-16(14-9-5-3-6-10-14)13-17(19-2)15-11-7-4-8-12-15/h3-12H,1-2H3. The molecule has 2 aromatic carbocycles. The van der Waals surface area contributed by atoms with E-state index in [1.165, 1.54) is 0 Å². The summed E-state index contributed by atoms with van der Waals surface area (Å²) < 4.78 is 10.8. The normalized spacial score (nSPS) is 9.37. The van der Waals surface area contributed by atoms with Crippen LogP contribution in [0.15, 0.2) is 66.4 Å². The Hall–Kier alpha value is -2.44. The molecule has 0 heterocycles. The molecule has 0 bridgehead atoms. The van der Waals surface area contributed by atoms with E-state index < -0.39 is 0 Å². The highest BCUT2D eigenvalue weighted by Crippen LogP contribution is 2.18. The lowest BCUT2D eigenvalue weighted by Gasteiger charge is -2.06. The van der Waals surface area contributed by atoms with Crippen molar-refractivity contribution in [2.75, 3.05) is 14.2 Å². The molecule has 0 saturated carbocycles. The lowest BCUT2D eigenvalue weighted by atomic mass is 10.1. The fourth-order valence-electron chi connectivity index (χ4n) is 1.76. The van der Waals surface area contributed by atoms with Crippen LogP contribution in [0.1, 0.15) is 11.1 Å². The number of rotatable bonds is 4. The molecule has 2 heteroatoms. The Morgan fingerprint density at radius 1 is 0.684 bits per heavy atom. The second-order valence-electron chi connectivity index (χ2n) is 3.92. The van der Waals surface area contributed by atoms with E-state index in [1.807, 2.05) is 60.7 Å². The van der Waals surface area contributed by atoms with Crippen LogP contribution in [-0.4, -0.2) is 14.2 Å². The maximum absolute atomic E-state index is 5.39. The van der Waals surface area contributed by atoms with E-state index in [-0.39, 0.29) is 0 Å². The summed E-state index contributed by atoms with van der Waals surface area (Å²) in [6.45, 7) is 0. The first kappa shape index (κ1) is 13.0. The highest BCUT2D eigenvalue weighted by molar-refractivity contribution is 5.68. The minimum Gasteiger partial charge on any atom is -0.488 e. The number of ether oxygens (including phenoxy) is 2. The van der Waals surface area contributed by atoms with Crippen molar-refractivity contribution in [3.63, 3.8) is 0 Å². The van der Waals surface area contributed by atoms with Crippen molar-refractivity contribution >= 4 is 11.5 Å². The van der Waals surface area contributed by atoms with Crippen LogP contribution in [0.3, 0.4) is 0 Å². The predicted molar refractivity (Wildman–Crippen MR) is 77.2 cm³/mol. The molecule has 0 spiro atoms. The van der Waals surface area contributed by atoms with Crippen LogP contribution in [0.2, 0.25) is 0 Å². The van der Waals surface area contributed by atoms with E-state index in [0.717, 1.165) is 11.1 Å². The molecule has 0 radical (unpaired) electrons. The topological polar surface area (TPSA) is 18.5 Å². The van der Waals surface area contributed by atoms with Gasteiger partial charge in [0, 0.05) is 11.1 Å². The first-order valence-electron chi connectivity index (χ1n) is 6.05. The molecule has 2 aromatic rings. The summed E-state index contributed by atoms with van der Waals surface area (Å²) in [5.41, 5.74) is 5.11. The van der Waals surface area contributed by atoms with Gasteiger partial charge in [0.2, 0.25) is 0 Å². The molecular weight excluding hydrogens is 236 g/mol. The van der Waals surface area contributed by atoms with Crippen LogP contribution < -0.4 is 0 Å². The molecule has 96 valence electrons. The van der Waals surface area contributed by atoms with Gasteiger partial charge in [-0.3, -0.25) is 0 Å². The molecule has 0 aliphatic heterocycles. The largest absolute Gasteiger partial charge is 0.488 e. The van der Waals surface area contributed by atoms with Crippen molar-refractivity contribution in [2.24, 2.45) is 0 Å². The number of benzene rings is 2. The summed E-state index contributed by atoms with van der Waals surface area (Å²) in [5.74, 6) is 1.31. The molecule has 0 saturated heterocycles. The van der Waals surface area contributed by atoms with Gasteiger partial charge < -0.3 is 9.47 Å². The van der Waals surface area contributed by atoms with E-state index in [4.69, 9.17) is 9.47 Å². The van der Waals surface area contributed by atoms with E-state index in [1.54, 1.807) is 14.2 Å². The molecule has 2 rings (SSSR count). The molecule has 0 aliphatic rings. The van der Waals surface area contributed by atoms with Crippen LogP contribution in [-0.2, 0) is 9.47 Å². The van der Waals surface area contributed by atoms with Gasteiger partial charge in [0.1, 0.15) is 0 Å². The van der Waals surface area contributed by atoms with Crippen molar-refractivity contribution in [1.82, 2.24) is 0 Å². The average molecular weight is 252 g/mol. The smallest absolute Gasteiger partial charge is 0.172 e. The fraction of sp³-hybridized carbons (Fsp3) is 0.118. The Kier molecular flexibility index (Phi) is 4.44. The Bertz CT molecular complexity index is 528. The summed E-state index contributed by atoms with van der Waals surface area (Å²) in [5, 5.41) is 0. The average Bonchev–Trinajstić information content (AvgIpc) is 2.50. The Morgan fingerprint density at radius 2 is 1.05 bits per heavy atom. The van der Waals surface area contributed by atoms with E-state index >= 15 is 0 Å². The van der Waals surface area contributed by atoms with Gasteiger partial charge in [0.15, 0.2) is 11.5 Å². The van der Waals surface area contributed by atoms with E-state index in [9.17, 15) is 0 Å². The second kappa shape index (κ2) is 6.48. The van der Waals surface area contributed by atoms with Crippen molar-refractivity contribution in [1.29, 1.82) is 0 Å². The van der Waals surface area contributed by atoms with Gasteiger partial charge in [-0.05, 0) is 5.73 Å². The maximum Gasteiger partial charge on any atom is 0.172 e. The highest BCUT2D eigenvalue weighted by atomic mass is 16.5. The molecule has 19 heavy (non-hydrogen) atoms.